The van der Waals surface area contributed by atoms with E-state index in [9.17, 15) is 4.39 Å². The van der Waals surface area contributed by atoms with Crippen LogP contribution in [0.1, 0.15) is 28.6 Å². The molecule has 1 heterocycles. The van der Waals surface area contributed by atoms with E-state index in [0.717, 1.165) is 17.9 Å². The average Bonchev–Trinajstić information content (AvgIpc) is 2.97. The number of rotatable bonds is 5. The van der Waals surface area contributed by atoms with Gasteiger partial charge in [0, 0.05) is 26.0 Å². The molecular weight excluding hydrogens is 289 g/mol. The summed E-state index contributed by atoms with van der Waals surface area (Å²) in [7, 11) is 1.96. The lowest BCUT2D eigenvalue weighted by Crippen LogP contribution is -2.24. The van der Waals surface area contributed by atoms with E-state index in [1.54, 1.807) is 18.3 Å². The van der Waals surface area contributed by atoms with Gasteiger partial charge in [-0.15, -0.1) is 0 Å². The number of imidazole rings is 1. The second kappa shape index (κ2) is 6.75. The Morgan fingerprint density at radius 3 is 2.39 bits per heavy atom. The zero-order valence-corrected chi connectivity index (χ0v) is 13.3. The molecule has 0 bridgehead atoms. The van der Waals surface area contributed by atoms with E-state index >= 15 is 0 Å². The SMILES string of the molecule is Cc1ccc(CN[C@H](c2ccc(F)cc2)c2nccn2C)cc1. The van der Waals surface area contributed by atoms with Gasteiger partial charge in [-0.2, -0.15) is 0 Å². The number of halogens is 1. The minimum absolute atomic E-state index is 0.0862. The van der Waals surface area contributed by atoms with E-state index in [0.29, 0.717) is 0 Å². The Kier molecular flexibility index (Phi) is 4.53. The molecular formula is C19H20FN3. The first kappa shape index (κ1) is 15.4. The smallest absolute Gasteiger partial charge is 0.130 e. The van der Waals surface area contributed by atoms with Crippen molar-refractivity contribution in [2.24, 2.45) is 7.05 Å². The summed E-state index contributed by atoms with van der Waals surface area (Å²) in [5.41, 5.74) is 3.44. The van der Waals surface area contributed by atoms with Crippen molar-refractivity contribution in [3.8, 4) is 0 Å². The second-order valence-electron chi connectivity index (χ2n) is 5.75. The number of aromatic nitrogens is 2. The Hall–Kier alpha value is -2.46. The highest BCUT2D eigenvalue weighted by Gasteiger charge is 2.17. The molecule has 0 aliphatic heterocycles. The van der Waals surface area contributed by atoms with E-state index in [1.165, 1.54) is 23.3 Å². The minimum Gasteiger partial charge on any atom is -0.336 e. The van der Waals surface area contributed by atoms with Crippen molar-refractivity contribution in [2.75, 3.05) is 0 Å². The minimum atomic E-state index is -0.231. The quantitative estimate of drug-likeness (QED) is 0.778. The van der Waals surface area contributed by atoms with Crippen molar-refractivity contribution < 1.29 is 4.39 Å². The molecule has 3 rings (SSSR count). The maximum atomic E-state index is 13.2. The fraction of sp³-hybridized carbons (Fsp3) is 0.211. The van der Waals surface area contributed by atoms with Crippen molar-refractivity contribution in [3.05, 3.63) is 89.3 Å². The molecule has 0 radical (unpaired) electrons. The highest BCUT2D eigenvalue weighted by molar-refractivity contribution is 5.27. The van der Waals surface area contributed by atoms with Crippen LogP contribution < -0.4 is 5.32 Å². The van der Waals surface area contributed by atoms with Crippen molar-refractivity contribution in [3.63, 3.8) is 0 Å². The highest BCUT2D eigenvalue weighted by atomic mass is 19.1. The molecule has 3 aromatic rings. The predicted octanol–water partition coefficient (Wildman–Crippen LogP) is 3.75. The summed E-state index contributed by atoms with van der Waals surface area (Å²) in [5.74, 6) is 0.676. The largest absolute Gasteiger partial charge is 0.336 e. The average molecular weight is 309 g/mol. The van der Waals surface area contributed by atoms with Gasteiger partial charge in [0.1, 0.15) is 11.6 Å². The number of benzene rings is 2. The van der Waals surface area contributed by atoms with Crippen LogP contribution in [0.4, 0.5) is 4.39 Å². The number of aryl methyl sites for hydroxylation is 2. The van der Waals surface area contributed by atoms with Crippen LogP contribution in [-0.4, -0.2) is 9.55 Å². The van der Waals surface area contributed by atoms with Crippen molar-refractivity contribution in [1.29, 1.82) is 0 Å². The van der Waals surface area contributed by atoms with Crippen molar-refractivity contribution >= 4 is 0 Å². The standard InChI is InChI=1S/C19H20FN3/c1-14-3-5-15(6-4-14)13-22-18(19-21-11-12-23(19)2)16-7-9-17(20)10-8-16/h3-12,18,22H,13H2,1-2H3/t18-/m1/s1. The molecule has 4 heteroatoms. The Morgan fingerprint density at radius 1 is 1.09 bits per heavy atom. The predicted molar refractivity (Wildman–Crippen MR) is 89.5 cm³/mol. The van der Waals surface area contributed by atoms with Gasteiger partial charge in [0.05, 0.1) is 6.04 Å². The molecule has 1 aromatic heterocycles. The maximum Gasteiger partial charge on any atom is 0.130 e. The molecule has 1 atom stereocenters. The molecule has 23 heavy (non-hydrogen) atoms. The summed E-state index contributed by atoms with van der Waals surface area (Å²) in [5, 5.41) is 3.53. The first-order valence-corrected chi connectivity index (χ1v) is 7.65. The van der Waals surface area contributed by atoms with Gasteiger partial charge in [0.2, 0.25) is 0 Å². The summed E-state index contributed by atoms with van der Waals surface area (Å²) in [6, 6.07) is 14.9. The maximum absolute atomic E-state index is 13.2. The van der Waals surface area contributed by atoms with Gasteiger partial charge in [0.25, 0.3) is 0 Å². The number of nitrogens with one attached hydrogen (secondary N) is 1. The summed E-state index contributed by atoms with van der Waals surface area (Å²) in [6.45, 7) is 2.79. The van der Waals surface area contributed by atoms with Gasteiger partial charge < -0.3 is 4.57 Å². The summed E-state index contributed by atoms with van der Waals surface area (Å²) < 4.78 is 15.2. The van der Waals surface area contributed by atoms with Gasteiger partial charge in [-0.3, -0.25) is 5.32 Å². The van der Waals surface area contributed by atoms with Crippen LogP contribution >= 0.6 is 0 Å². The summed E-state index contributed by atoms with van der Waals surface area (Å²) >= 11 is 0. The monoisotopic (exact) mass is 309 g/mol. The van der Waals surface area contributed by atoms with Crippen LogP contribution in [0, 0.1) is 12.7 Å². The van der Waals surface area contributed by atoms with E-state index in [1.807, 2.05) is 17.8 Å². The first-order valence-electron chi connectivity index (χ1n) is 7.65. The van der Waals surface area contributed by atoms with E-state index in [-0.39, 0.29) is 11.9 Å². The number of hydrogen-bond donors (Lipinski definition) is 1. The fourth-order valence-corrected chi connectivity index (χ4v) is 2.59. The van der Waals surface area contributed by atoms with Crippen molar-refractivity contribution in [2.45, 2.75) is 19.5 Å². The van der Waals surface area contributed by atoms with E-state index in [4.69, 9.17) is 0 Å². The van der Waals surface area contributed by atoms with Gasteiger partial charge in [-0.1, -0.05) is 42.0 Å². The lowest BCUT2D eigenvalue weighted by Gasteiger charge is -2.19. The Labute approximate surface area is 135 Å². The normalized spacial score (nSPS) is 12.3. The highest BCUT2D eigenvalue weighted by Crippen LogP contribution is 2.21. The number of nitrogens with zero attached hydrogens (tertiary/aromatic N) is 2. The molecule has 1 N–H and O–H groups in total. The van der Waals surface area contributed by atoms with Crippen LogP contribution in [0.2, 0.25) is 0 Å². The van der Waals surface area contributed by atoms with Gasteiger partial charge in [0.15, 0.2) is 0 Å². The Morgan fingerprint density at radius 2 is 1.78 bits per heavy atom. The molecule has 0 fully saturated rings. The third-order valence-electron chi connectivity index (χ3n) is 3.95. The van der Waals surface area contributed by atoms with Gasteiger partial charge in [-0.25, -0.2) is 9.37 Å². The number of hydrogen-bond acceptors (Lipinski definition) is 2. The van der Waals surface area contributed by atoms with Gasteiger partial charge in [-0.05, 0) is 30.2 Å². The van der Waals surface area contributed by atoms with E-state index < -0.39 is 0 Å². The molecule has 0 aliphatic rings. The zero-order valence-electron chi connectivity index (χ0n) is 13.3. The van der Waals surface area contributed by atoms with E-state index in [2.05, 4.69) is 41.5 Å². The second-order valence-corrected chi connectivity index (χ2v) is 5.75. The van der Waals surface area contributed by atoms with Crippen LogP contribution in [-0.2, 0) is 13.6 Å². The summed E-state index contributed by atoms with van der Waals surface area (Å²) in [6.07, 6.45) is 3.69. The molecule has 0 unspecified atom stereocenters. The topological polar surface area (TPSA) is 29.9 Å². The first-order chi connectivity index (χ1) is 11.1. The third-order valence-corrected chi connectivity index (χ3v) is 3.95. The Balaban J connectivity index is 1.85. The van der Waals surface area contributed by atoms with Crippen LogP contribution in [0.3, 0.4) is 0 Å². The molecule has 0 spiro atoms. The lowest BCUT2D eigenvalue weighted by molar-refractivity contribution is 0.555. The van der Waals surface area contributed by atoms with Crippen molar-refractivity contribution in [1.82, 2.24) is 14.9 Å². The third kappa shape index (κ3) is 3.66. The molecule has 0 saturated heterocycles. The molecule has 2 aromatic carbocycles. The molecule has 118 valence electrons. The van der Waals surface area contributed by atoms with Crippen LogP contribution in [0.25, 0.3) is 0 Å². The van der Waals surface area contributed by atoms with Crippen LogP contribution in [0.15, 0.2) is 60.9 Å². The molecule has 0 amide bonds. The fourth-order valence-electron chi connectivity index (χ4n) is 2.59. The molecule has 0 aliphatic carbocycles. The lowest BCUT2D eigenvalue weighted by atomic mass is 10.1. The zero-order chi connectivity index (χ0) is 16.2. The molecule has 3 nitrogen and oxygen atoms in total. The van der Waals surface area contributed by atoms with Gasteiger partial charge >= 0.3 is 0 Å². The summed E-state index contributed by atoms with van der Waals surface area (Å²) in [4.78, 5) is 4.45. The van der Waals surface area contributed by atoms with Crippen LogP contribution in [0.5, 0.6) is 0 Å². The molecule has 0 saturated carbocycles. The Bertz CT molecular complexity index is 760.